The molecule has 0 radical (unpaired) electrons. The van der Waals surface area contributed by atoms with Gasteiger partial charge in [-0.1, -0.05) is 42.3 Å². The second-order valence-corrected chi connectivity index (χ2v) is 6.45. The number of hydrogen-bond acceptors (Lipinski definition) is 2. The van der Waals surface area contributed by atoms with Gasteiger partial charge in [-0.2, -0.15) is 0 Å². The van der Waals surface area contributed by atoms with Crippen LogP contribution in [-0.4, -0.2) is 43.4 Å². The SMILES string of the molecule is CCN(CCNC(=O)C1CC1c1cccc(Cl)c1Cl)CC(F)F. The standard InChI is InChI=1S/C16H20Cl2F2N2O/c1-2-22(9-14(19)20)7-6-21-16(23)12-8-11(12)10-4-3-5-13(17)15(10)18/h3-5,11-12,14H,2,6-9H2,1H3,(H,21,23). The summed E-state index contributed by atoms with van der Waals surface area (Å²) in [5, 5.41) is 3.81. The van der Waals surface area contributed by atoms with Gasteiger partial charge >= 0.3 is 0 Å². The summed E-state index contributed by atoms with van der Waals surface area (Å²) < 4.78 is 24.7. The van der Waals surface area contributed by atoms with Crippen LogP contribution in [0.3, 0.4) is 0 Å². The predicted molar refractivity (Wildman–Crippen MR) is 88.4 cm³/mol. The second kappa shape index (κ2) is 8.27. The van der Waals surface area contributed by atoms with Gasteiger partial charge in [0, 0.05) is 19.0 Å². The third-order valence-electron chi connectivity index (χ3n) is 4.08. The van der Waals surface area contributed by atoms with E-state index in [2.05, 4.69) is 5.32 Å². The molecule has 0 bridgehead atoms. The monoisotopic (exact) mass is 364 g/mol. The van der Waals surface area contributed by atoms with Crippen molar-refractivity contribution >= 4 is 29.1 Å². The Morgan fingerprint density at radius 2 is 2.17 bits per heavy atom. The minimum absolute atomic E-state index is 0.0563. The average molecular weight is 365 g/mol. The topological polar surface area (TPSA) is 32.3 Å². The molecule has 0 heterocycles. The number of carbonyl (C=O) groups is 1. The van der Waals surface area contributed by atoms with Gasteiger partial charge < -0.3 is 5.32 Å². The molecule has 1 aliphatic carbocycles. The van der Waals surface area contributed by atoms with Crippen molar-refractivity contribution in [2.24, 2.45) is 5.92 Å². The van der Waals surface area contributed by atoms with Crippen LogP contribution in [-0.2, 0) is 4.79 Å². The van der Waals surface area contributed by atoms with E-state index in [1.807, 2.05) is 19.1 Å². The summed E-state index contributed by atoms with van der Waals surface area (Å²) in [6.07, 6.45) is -1.62. The molecule has 1 saturated carbocycles. The highest BCUT2D eigenvalue weighted by molar-refractivity contribution is 6.42. The fraction of sp³-hybridized carbons (Fsp3) is 0.562. The summed E-state index contributed by atoms with van der Waals surface area (Å²) in [7, 11) is 0. The van der Waals surface area contributed by atoms with E-state index in [1.165, 1.54) is 0 Å². The Morgan fingerprint density at radius 3 is 2.83 bits per heavy atom. The van der Waals surface area contributed by atoms with Crippen molar-refractivity contribution in [3.8, 4) is 0 Å². The molecule has 3 nitrogen and oxygen atoms in total. The predicted octanol–water partition coefficient (Wildman–Crippen LogP) is 3.80. The molecule has 23 heavy (non-hydrogen) atoms. The number of benzene rings is 1. The fourth-order valence-corrected chi connectivity index (χ4v) is 3.13. The molecule has 128 valence electrons. The first kappa shape index (κ1) is 18.4. The number of carbonyl (C=O) groups excluding carboxylic acids is 1. The Hall–Kier alpha value is -0.910. The van der Waals surface area contributed by atoms with Crippen LogP contribution in [0.4, 0.5) is 8.78 Å². The van der Waals surface area contributed by atoms with Gasteiger partial charge in [0.1, 0.15) is 0 Å². The summed E-state index contributed by atoms with van der Waals surface area (Å²) in [5.41, 5.74) is 0.896. The zero-order valence-corrected chi connectivity index (χ0v) is 14.4. The van der Waals surface area contributed by atoms with Crippen LogP contribution in [0.2, 0.25) is 10.0 Å². The molecular weight excluding hydrogens is 345 g/mol. The Morgan fingerprint density at radius 1 is 1.43 bits per heavy atom. The van der Waals surface area contributed by atoms with Crippen LogP contribution < -0.4 is 5.32 Å². The summed E-state index contributed by atoms with van der Waals surface area (Å²) in [4.78, 5) is 13.7. The van der Waals surface area contributed by atoms with E-state index in [-0.39, 0.29) is 24.3 Å². The molecule has 0 spiro atoms. The molecule has 0 aliphatic heterocycles. The van der Waals surface area contributed by atoms with Crippen molar-refractivity contribution in [1.82, 2.24) is 10.2 Å². The maximum atomic E-state index is 12.4. The van der Waals surface area contributed by atoms with Crippen LogP contribution in [0, 0.1) is 5.92 Å². The minimum Gasteiger partial charge on any atom is -0.355 e. The normalized spacial score (nSPS) is 20.1. The third kappa shape index (κ3) is 5.03. The zero-order valence-electron chi connectivity index (χ0n) is 12.9. The number of rotatable bonds is 8. The third-order valence-corrected chi connectivity index (χ3v) is 4.91. The average Bonchev–Trinajstić information content (AvgIpc) is 3.29. The molecule has 1 aromatic rings. The van der Waals surface area contributed by atoms with E-state index in [1.54, 1.807) is 11.0 Å². The van der Waals surface area contributed by atoms with Crippen LogP contribution >= 0.6 is 23.2 Å². The highest BCUT2D eigenvalue weighted by atomic mass is 35.5. The first-order valence-corrected chi connectivity index (χ1v) is 8.41. The second-order valence-electron chi connectivity index (χ2n) is 5.67. The van der Waals surface area contributed by atoms with E-state index in [0.717, 1.165) is 12.0 Å². The number of amides is 1. The lowest BCUT2D eigenvalue weighted by Crippen LogP contribution is -2.37. The van der Waals surface area contributed by atoms with Crippen molar-refractivity contribution in [2.75, 3.05) is 26.2 Å². The van der Waals surface area contributed by atoms with Crippen molar-refractivity contribution < 1.29 is 13.6 Å². The number of likely N-dealkylation sites (N-methyl/N-ethyl adjacent to an activating group) is 1. The number of hydrogen-bond donors (Lipinski definition) is 1. The molecule has 2 rings (SSSR count). The zero-order chi connectivity index (χ0) is 17.0. The summed E-state index contributed by atoms with van der Waals surface area (Å²) in [6, 6.07) is 5.42. The number of alkyl halides is 2. The van der Waals surface area contributed by atoms with Crippen molar-refractivity contribution in [3.63, 3.8) is 0 Å². The number of nitrogens with one attached hydrogen (secondary N) is 1. The Kier molecular flexibility index (Phi) is 6.62. The van der Waals surface area contributed by atoms with Crippen LogP contribution in [0.15, 0.2) is 18.2 Å². The largest absolute Gasteiger partial charge is 0.355 e. The first-order chi connectivity index (χ1) is 10.9. The Balaban J connectivity index is 1.79. The molecule has 1 amide bonds. The minimum atomic E-state index is -2.36. The lowest BCUT2D eigenvalue weighted by molar-refractivity contribution is -0.122. The molecule has 2 unspecified atom stereocenters. The van der Waals surface area contributed by atoms with Crippen LogP contribution in [0.5, 0.6) is 0 Å². The molecule has 1 aliphatic rings. The van der Waals surface area contributed by atoms with Crippen molar-refractivity contribution in [3.05, 3.63) is 33.8 Å². The lowest BCUT2D eigenvalue weighted by atomic mass is 10.1. The van der Waals surface area contributed by atoms with Gasteiger partial charge in [-0.3, -0.25) is 9.69 Å². The van der Waals surface area contributed by atoms with Crippen LogP contribution in [0.25, 0.3) is 0 Å². The maximum absolute atomic E-state index is 12.4. The van der Waals surface area contributed by atoms with Crippen molar-refractivity contribution in [1.29, 1.82) is 0 Å². The quantitative estimate of drug-likeness (QED) is 0.760. The van der Waals surface area contributed by atoms with E-state index in [9.17, 15) is 13.6 Å². The van der Waals surface area contributed by atoms with E-state index in [4.69, 9.17) is 23.2 Å². The van der Waals surface area contributed by atoms with Crippen molar-refractivity contribution in [2.45, 2.75) is 25.7 Å². The number of halogens is 4. The Bertz CT molecular complexity index is 557. The van der Waals surface area contributed by atoms with Crippen LogP contribution in [0.1, 0.15) is 24.8 Å². The smallest absolute Gasteiger partial charge is 0.251 e. The van der Waals surface area contributed by atoms with E-state index >= 15 is 0 Å². The highest BCUT2D eigenvalue weighted by Gasteiger charge is 2.44. The Labute approximate surface area is 144 Å². The van der Waals surface area contributed by atoms with Gasteiger partial charge in [0.25, 0.3) is 6.43 Å². The van der Waals surface area contributed by atoms with Gasteiger partial charge in [0.15, 0.2) is 0 Å². The van der Waals surface area contributed by atoms with Gasteiger partial charge in [-0.15, -0.1) is 0 Å². The molecule has 1 N–H and O–H groups in total. The molecular formula is C16H20Cl2F2N2O. The molecule has 0 aromatic heterocycles. The summed E-state index contributed by atoms with van der Waals surface area (Å²) in [6.45, 7) is 2.87. The van der Waals surface area contributed by atoms with Gasteiger partial charge in [-0.05, 0) is 30.5 Å². The molecule has 1 aromatic carbocycles. The lowest BCUT2D eigenvalue weighted by Gasteiger charge is -2.19. The number of nitrogens with zero attached hydrogens (tertiary/aromatic N) is 1. The molecule has 1 fully saturated rings. The summed E-state index contributed by atoms with van der Waals surface area (Å²) >= 11 is 12.2. The molecule has 7 heteroatoms. The summed E-state index contributed by atoms with van der Waals surface area (Å²) in [5.74, 6) is -0.0835. The molecule has 0 saturated heterocycles. The van der Waals surface area contributed by atoms with Gasteiger partial charge in [0.2, 0.25) is 5.91 Å². The first-order valence-electron chi connectivity index (χ1n) is 7.66. The van der Waals surface area contributed by atoms with Gasteiger partial charge in [0.05, 0.1) is 16.6 Å². The van der Waals surface area contributed by atoms with Gasteiger partial charge in [-0.25, -0.2) is 8.78 Å². The van der Waals surface area contributed by atoms with E-state index in [0.29, 0.717) is 29.7 Å². The van der Waals surface area contributed by atoms with E-state index < -0.39 is 6.43 Å². The fourth-order valence-electron chi connectivity index (χ4n) is 2.68. The molecule has 2 atom stereocenters. The maximum Gasteiger partial charge on any atom is 0.251 e. The highest BCUT2D eigenvalue weighted by Crippen LogP contribution is 2.50.